The lowest BCUT2D eigenvalue weighted by molar-refractivity contribution is 0.241. The SMILES string of the molecule is CNC1(C#N)CCCC1CCN(C)CC(C)C. The summed E-state index contributed by atoms with van der Waals surface area (Å²) in [7, 11) is 4.11. The van der Waals surface area contributed by atoms with Crippen molar-refractivity contribution in [2.24, 2.45) is 11.8 Å². The highest BCUT2D eigenvalue weighted by Crippen LogP contribution is 2.37. The molecular weight excluding hydrogens is 210 g/mol. The van der Waals surface area contributed by atoms with Crippen LogP contribution in [0.15, 0.2) is 0 Å². The second-order valence-electron chi connectivity index (χ2n) is 5.87. The van der Waals surface area contributed by atoms with Gasteiger partial charge in [-0.1, -0.05) is 20.3 Å². The van der Waals surface area contributed by atoms with E-state index in [0.717, 1.165) is 25.9 Å². The summed E-state index contributed by atoms with van der Waals surface area (Å²) < 4.78 is 0. The summed E-state index contributed by atoms with van der Waals surface area (Å²) in [5.74, 6) is 1.24. The Morgan fingerprint density at radius 3 is 2.76 bits per heavy atom. The zero-order valence-electron chi connectivity index (χ0n) is 11.8. The molecule has 0 radical (unpaired) electrons. The van der Waals surface area contributed by atoms with Crippen molar-refractivity contribution in [2.45, 2.75) is 45.1 Å². The molecule has 1 fully saturated rings. The quantitative estimate of drug-likeness (QED) is 0.770. The van der Waals surface area contributed by atoms with Crippen molar-refractivity contribution in [3.05, 3.63) is 0 Å². The minimum Gasteiger partial charge on any atom is -0.306 e. The summed E-state index contributed by atoms with van der Waals surface area (Å²) in [6, 6.07) is 2.51. The minimum atomic E-state index is -0.251. The van der Waals surface area contributed by atoms with Crippen LogP contribution >= 0.6 is 0 Å². The summed E-state index contributed by atoms with van der Waals surface area (Å²) in [4.78, 5) is 2.39. The first-order chi connectivity index (χ1) is 8.04. The molecule has 2 unspecified atom stereocenters. The molecule has 1 aliphatic rings. The van der Waals surface area contributed by atoms with Crippen LogP contribution in [0.25, 0.3) is 0 Å². The highest BCUT2D eigenvalue weighted by atomic mass is 15.1. The zero-order valence-corrected chi connectivity index (χ0v) is 11.8. The lowest BCUT2D eigenvalue weighted by Gasteiger charge is -2.30. The van der Waals surface area contributed by atoms with Crippen LogP contribution in [0.2, 0.25) is 0 Å². The van der Waals surface area contributed by atoms with Crippen molar-refractivity contribution in [3.63, 3.8) is 0 Å². The molecule has 0 spiro atoms. The monoisotopic (exact) mass is 237 g/mol. The van der Waals surface area contributed by atoms with Gasteiger partial charge in [0.05, 0.1) is 6.07 Å². The van der Waals surface area contributed by atoms with E-state index in [2.05, 4.69) is 37.2 Å². The Kier molecular flexibility index (Phi) is 5.42. The maximum Gasteiger partial charge on any atom is 0.109 e. The van der Waals surface area contributed by atoms with E-state index in [1.54, 1.807) is 0 Å². The average molecular weight is 237 g/mol. The largest absolute Gasteiger partial charge is 0.306 e. The van der Waals surface area contributed by atoms with Crippen molar-refractivity contribution in [1.82, 2.24) is 10.2 Å². The highest BCUT2D eigenvalue weighted by Gasteiger charge is 2.41. The molecule has 2 atom stereocenters. The van der Waals surface area contributed by atoms with Gasteiger partial charge in [0.15, 0.2) is 0 Å². The summed E-state index contributed by atoms with van der Waals surface area (Å²) in [5.41, 5.74) is -0.251. The normalized spacial score (nSPS) is 28.9. The number of nitrogens with one attached hydrogen (secondary N) is 1. The molecule has 17 heavy (non-hydrogen) atoms. The number of hydrogen-bond acceptors (Lipinski definition) is 3. The van der Waals surface area contributed by atoms with Crippen LogP contribution in [0.3, 0.4) is 0 Å². The van der Waals surface area contributed by atoms with E-state index in [1.165, 1.54) is 12.8 Å². The highest BCUT2D eigenvalue weighted by molar-refractivity contribution is 5.13. The maximum atomic E-state index is 9.37. The Morgan fingerprint density at radius 2 is 2.24 bits per heavy atom. The fourth-order valence-electron chi connectivity index (χ4n) is 3.09. The third-order valence-corrected chi connectivity index (χ3v) is 4.00. The van der Waals surface area contributed by atoms with Crippen molar-refractivity contribution >= 4 is 0 Å². The molecule has 0 aromatic carbocycles. The van der Waals surface area contributed by atoms with Gasteiger partial charge in [-0.3, -0.25) is 0 Å². The van der Waals surface area contributed by atoms with Crippen LogP contribution in [0, 0.1) is 23.2 Å². The first-order valence-electron chi connectivity index (χ1n) is 6.82. The van der Waals surface area contributed by atoms with E-state index >= 15 is 0 Å². The van der Waals surface area contributed by atoms with E-state index < -0.39 is 0 Å². The van der Waals surface area contributed by atoms with Crippen LogP contribution in [-0.2, 0) is 0 Å². The molecule has 0 heterocycles. The van der Waals surface area contributed by atoms with E-state index in [4.69, 9.17) is 0 Å². The van der Waals surface area contributed by atoms with E-state index in [9.17, 15) is 5.26 Å². The first kappa shape index (κ1) is 14.5. The first-order valence-corrected chi connectivity index (χ1v) is 6.82. The molecule has 0 bridgehead atoms. The van der Waals surface area contributed by atoms with Gasteiger partial charge >= 0.3 is 0 Å². The Hall–Kier alpha value is -0.590. The third kappa shape index (κ3) is 3.69. The summed E-state index contributed by atoms with van der Waals surface area (Å²) in [6.45, 7) is 6.75. The Labute approximate surface area is 106 Å². The number of hydrogen-bond donors (Lipinski definition) is 1. The fraction of sp³-hybridized carbons (Fsp3) is 0.929. The minimum absolute atomic E-state index is 0.251. The molecule has 1 saturated carbocycles. The van der Waals surface area contributed by atoms with Gasteiger partial charge in [0.25, 0.3) is 0 Å². The number of nitriles is 1. The van der Waals surface area contributed by atoms with Gasteiger partial charge in [-0.25, -0.2) is 0 Å². The molecule has 1 rings (SSSR count). The van der Waals surface area contributed by atoms with Gasteiger partial charge in [0.2, 0.25) is 0 Å². The van der Waals surface area contributed by atoms with Crippen LogP contribution < -0.4 is 5.32 Å². The molecule has 98 valence electrons. The maximum absolute atomic E-state index is 9.37. The summed E-state index contributed by atoms with van der Waals surface area (Å²) in [6.07, 6.45) is 4.53. The summed E-state index contributed by atoms with van der Waals surface area (Å²) in [5, 5.41) is 12.6. The molecule has 0 aromatic rings. The molecule has 0 amide bonds. The van der Waals surface area contributed by atoms with Crippen LogP contribution in [0.4, 0.5) is 0 Å². The number of nitrogens with zero attached hydrogens (tertiary/aromatic N) is 2. The van der Waals surface area contributed by atoms with E-state index in [0.29, 0.717) is 11.8 Å². The van der Waals surface area contributed by atoms with Gasteiger partial charge in [-0.15, -0.1) is 0 Å². The molecule has 0 saturated heterocycles. The predicted molar refractivity (Wildman–Crippen MR) is 71.7 cm³/mol. The van der Waals surface area contributed by atoms with Crippen LogP contribution in [-0.4, -0.2) is 37.6 Å². The van der Waals surface area contributed by atoms with Crippen molar-refractivity contribution in [1.29, 1.82) is 5.26 Å². The smallest absolute Gasteiger partial charge is 0.109 e. The Bertz CT molecular complexity index is 269. The van der Waals surface area contributed by atoms with E-state index in [-0.39, 0.29) is 5.54 Å². The molecule has 1 aliphatic carbocycles. The molecule has 0 aromatic heterocycles. The van der Waals surface area contributed by atoms with Crippen molar-refractivity contribution in [2.75, 3.05) is 27.2 Å². The summed E-state index contributed by atoms with van der Waals surface area (Å²) >= 11 is 0. The second-order valence-corrected chi connectivity index (χ2v) is 5.87. The van der Waals surface area contributed by atoms with Gasteiger partial charge in [0.1, 0.15) is 5.54 Å². The van der Waals surface area contributed by atoms with Crippen LogP contribution in [0.5, 0.6) is 0 Å². The Balaban J connectivity index is 2.43. The molecular formula is C14H27N3. The van der Waals surface area contributed by atoms with E-state index in [1.807, 2.05) is 7.05 Å². The lowest BCUT2D eigenvalue weighted by atomic mass is 9.86. The lowest BCUT2D eigenvalue weighted by Crippen LogP contribution is -2.45. The molecule has 3 nitrogen and oxygen atoms in total. The molecule has 3 heteroatoms. The van der Waals surface area contributed by atoms with Crippen molar-refractivity contribution in [3.8, 4) is 6.07 Å². The fourth-order valence-corrected chi connectivity index (χ4v) is 3.09. The van der Waals surface area contributed by atoms with Gasteiger partial charge in [0, 0.05) is 6.54 Å². The van der Waals surface area contributed by atoms with Crippen LogP contribution in [0.1, 0.15) is 39.5 Å². The average Bonchev–Trinajstić information content (AvgIpc) is 2.69. The van der Waals surface area contributed by atoms with Crippen molar-refractivity contribution < 1.29 is 0 Å². The molecule has 0 aliphatic heterocycles. The van der Waals surface area contributed by atoms with Gasteiger partial charge in [-0.05, 0) is 51.7 Å². The third-order valence-electron chi connectivity index (χ3n) is 4.00. The molecule has 1 N–H and O–H groups in total. The Morgan fingerprint density at radius 1 is 1.53 bits per heavy atom. The van der Waals surface area contributed by atoms with Gasteiger partial charge < -0.3 is 10.2 Å². The second kappa shape index (κ2) is 6.37. The zero-order chi connectivity index (χ0) is 12.9. The standard InChI is InChI=1S/C14H27N3/c1-12(2)10-17(4)9-7-13-6-5-8-14(13,11-15)16-3/h12-13,16H,5-10H2,1-4H3. The topological polar surface area (TPSA) is 39.1 Å². The van der Waals surface area contributed by atoms with Gasteiger partial charge in [-0.2, -0.15) is 5.26 Å². The predicted octanol–water partition coefficient (Wildman–Crippen LogP) is 2.25. The number of rotatable bonds is 6.